The molecule has 9 heteroatoms. The Morgan fingerprint density at radius 2 is 1.89 bits per heavy atom. The number of benzene rings is 1. The van der Waals surface area contributed by atoms with E-state index in [0.717, 1.165) is 0 Å². The van der Waals surface area contributed by atoms with Crippen LogP contribution in [0.4, 0.5) is 4.39 Å². The quantitative estimate of drug-likeness (QED) is 0.608. The molecule has 0 bridgehead atoms. The van der Waals surface area contributed by atoms with Gasteiger partial charge in [0.1, 0.15) is 5.82 Å². The maximum absolute atomic E-state index is 13.3. The van der Waals surface area contributed by atoms with E-state index in [4.69, 9.17) is 0 Å². The van der Waals surface area contributed by atoms with Crippen LogP contribution >= 0.6 is 0 Å². The number of sulfone groups is 1. The second-order valence-electron chi connectivity index (χ2n) is 6.43. The normalized spacial score (nSPS) is 12.9. The van der Waals surface area contributed by atoms with Gasteiger partial charge in [0.15, 0.2) is 0 Å². The molecule has 0 fully saturated rings. The predicted octanol–water partition coefficient (Wildman–Crippen LogP) is 2.88. The molecule has 0 aliphatic heterocycles. The van der Waals surface area contributed by atoms with Crippen LogP contribution < -0.4 is 0 Å². The van der Waals surface area contributed by atoms with Crippen molar-refractivity contribution < 1.29 is 17.9 Å². The zero-order chi connectivity index (χ0) is 20.3. The molecule has 1 aromatic carbocycles. The van der Waals surface area contributed by atoms with Crippen LogP contribution in [0, 0.1) is 5.82 Å². The van der Waals surface area contributed by atoms with Crippen LogP contribution in [0.25, 0.3) is 22.6 Å². The van der Waals surface area contributed by atoms with Crippen LogP contribution in [0.2, 0.25) is 0 Å². The molecule has 3 aromatic rings. The summed E-state index contributed by atoms with van der Waals surface area (Å²) in [6.07, 6.45) is 3.40. The van der Waals surface area contributed by atoms with Crippen LogP contribution in [-0.2, 0) is 9.84 Å². The number of halogens is 1. The molecular formula is C19H21FN4O3S. The van der Waals surface area contributed by atoms with E-state index in [2.05, 4.69) is 15.0 Å². The Morgan fingerprint density at radius 3 is 2.54 bits per heavy atom. The highest BCUT2D eigenvalue weighted by Crippen LogP contribution is 2.32. The van der Waals surface area contributed by atoms with Gasteiger partial charge in [-0.15, -0.1) is 0 Å². The van der Waals surface area contributed by atoms with Crippen LogP contribution in [0.3, 0.4) is 0 Å². The summed E-state index contributed by atoms with van der Waals surface area (Å²) in [6, 6.07) is 7.10. The number of rotatable bonds is 7. The minimum atomic E-state index is -3.60. The van der Waals surface area contributed by atoms with E-state index >= 15 is 0 Å². The van der Waals surface area contributed by atoms with Crippen molar-refractivity contribution in [2.75, 3.05) is 12.4 Å². The summed E-state index contributed by atoms with van der Waals surface area (Å²) < 4.78 is 39.8. The summed E-state index contributed by atoms with van der Waals surface area (Å²) in [5, 5.41) is 9.35. The van der Waals surface area contributed by atoms with E-state index < -0.39 is 9.84 Å². The Hall–Kier alpha value is -2.65. The summed E-state index contributed by atoms with van der Waals surface area (Å²) in [5.74, 6) is -0.420. The highest BCUT2D eigenvalue weighted by Gasteiger charge is 2.22. The molecule has 0 aliphatic rings. The Morgan fingerprint density at radius 1 is 1.18 bits per heavy atom. The number of aliphatic hydroxyl groups excluding tert-OH is 1. The Bertz CT molecular complexity index is 1070. The SMILES string of the molecule is CCCS(=O)(=O)c1nccc(-c2c(-c3ccc(F)cc3)ncn2[C@@H](C)CO)n1. The number of aliphatic hydroxyl groups is 1. The molecule has 0 amide bonds. The molecule has 0 aliphatic carbocycles. The van der Waals surface area contributed by atoms with Crippen molar-refractivity contribution in [1.29, 1.82) is 0 Å². The second-order valence-corrected chi connectivity index (χ2v) is 8.43. The van der Waals surface area contributed by atoms with Crippen molar-refractivity contribution in [2.24, 2.45) is 0 Å². The first-order chi connectivity index (χ1) is 13.4. The van der Waals surface area contributed by atoms with Gasteiger partial charge in [0, 0.05) is 11.8 Å². The number of hydrogen-bond donors (Lipinski definition) is 1. The van der Waals surface area contributed by atoms with Crippen molar-refractivity contribution >= 4 is 9.84 Å². The monoisotopic (exact) mass is 404 g/mol. The lowest BCUT2D eigenvalue weighted by Gasteiger charge is -2.15. The van der Waals surface area contributed by atoms with Gasteiger partial charge in [0.2, 0.25) is 15.0 Å². The van der Waals surface area contributed by atoms with Gasteiger partial charge < -0.3 is 9.67 Å². The first-order valence-electron chi connectivity index (χ1n) is 8.87. The summed E-state index contributed by atoms with van der Waals surface area (Å²) >= 11 is 0. The van der Waals surface area contributed by atoms with Gasteiger partial charge in [0.25, 0.3) is 0 Å². The standard InChI is InChI=1S/C19H21FN4O3S/c1-3-10-28(26,27)19-21-9-8-16(23-19)18-17(14-4-6-15(20)7-5-14)22-12-24(18)13(2)11-25/h4-9,12-13,25H,3,10-11H2,1-2H3/t13-/m0/s1. The average Bonchev–Trinajstić information content (AvgIpc) is 3.13. The van der Waals surface area contributed by atoms with Gasteiger partial charge in [-0.05, 0) is 43.7 Å². The predicted molar refractivity (Wildman–Crippen MR) is 103 cm³/mol. The van der Waals surface area contributed by atoms with Gasteiger partial charge >= 0.3 is 0 Å². The summed E-state index contributed by atoms with van der Waals surface area (Å²) in [4.78, 5) is 12.6. The van der Waals surface area contributed by atoms with E-state index in [1.54, 1.807) is 42.9 Å². The van der Waals surface area contributed by atoms with Crippen molar-refractivity contribution in [2.45, 2.75) is 31.5 Å². The van der Waals surface area contributed by atoms with E-state index in [0.29, 0.717) is 29.1 Å². The largest absolute Gasteiger partial charge is 0.394 e. The van der Waals surface area contributed by atoms with E-state index in [9.17, 15) is 17.9 Å². The number of hydrogen-bond acceptors (Lipinski definition) is 6. The molecule has 148 valence electrons. The number of aromatic nitrogens is 4. The molecule has 7 nitrogen and oxygen atoms in total. The fourth-order valence-electron chi connectivity index (χ4n) is 2.84. The fraction of sp³-hybridized carbons (Fsp3) is 0.316. The second kappa shape index (κ2) is 8.15. The third-order valence-electron chi connectivity index (χ3n) is 4.28. The molecule has 0 spiro atoms. The zero-order valence-corrected chi connectivity index (χ0v) is 16.4. The highest BCUT2D eigenvalue weighted by atomic mass is 32.2. The van der Waals surface area contributed by atoms with Crippen LogP contribution in [0.5, 0.6) is 0 Å². The topological polar surface area (TPSA) is 98.0 Å². The molecule has 1 N–H and O–H groups in total. The van der Waals surface area contributed by atoms with Crippen molar-refractivity contribution in [3.8, 4) is 22.6 Å². The Kier molecular flexibility index (Phi) is 5.85. The maximum atomic E-state index is 13.3. The fourth-order valence-corrected chi connectivity index (χ4v) is 4.02. The lowest BCUT2D eigenvalue weighted by molar-refractivity contribution is 0.239. The van der Waals surface area contributed by atoms with E-state index in [-0.39, 0.29) is 29.4 Å². The average molecular weight is 404 g/mol. The molecule has 0 unspecified atom stereocenters. The molecule has 2 heterocycles. The first kappa shape index (κ1) is 20.1. The van der Waals surface area contributed by atoms with E-state index in [1.165, 1.54) is 18.3 Å². The lowest BCUT2D eigenvalue weighted by Crippen LogP contribution is -2.13. The Balaban J connectivity index is 2.20. The Labute approximate surface area is 162 Å². The summed E-state index contributed by atoms with van der Waals surface area (Å²) in [7, 11) is -3.60. The highest BCUT2D eigenvalue weighted by molar-refractivity contribution is 7.91. The molecule has 28 heavy (non-hydrogen) atoms. The molecule has 0 saturated carbocycles. The van der Waals surface area contributed by atoms with Gasteiger partial charge in [-0.2, -0.15) is 0 Å². The lowest BCUT2D eigenvalue weighted by atomic mass is 10.1. The molecule has 0 radical (unpaired) electrons. The van der Waals surface area contributed by atoms with Gasteiger partial charge in [-0.25, -0.2) is 27.8 Å². The van der Waals surface area contributed by atoms with Crippen LogP contribution in [0.1, 0.15) is 26.3 Å². The summed E-state index contributed by atoms with van der Waals surface area (Å²) in [6.45, 7) is 3.43. The van der Waals surface area contributed by atoms with Gasteiger partial charge in [0.05, 0.1) is 41.8 Å². The van der Waals surface area contributed by atoms with Gasteiger partial charge in [-0.1, -0.05) is 6.92 Å². The minimum Gasteiger partial charge on any atom is -0.394 e. The van der Waals surface area contributed by atoms with Crippen molar-refractivity contribution in [3.63, 3.8) is 0 Å². The van der Waals surface area contributed by atoms with Crippen LogP contribution in [-0.4, -0.2) is 45.4 Å². The molecular weight excluding hydrogens is 383 g/mol. The van der Waals surface area contributed by atoms with E-state index in [1.807, 2.05) is 0 Å². The molecule has 2 aromatic heterocycles. The minimum absolute atomic E-state index is 0.0480. The third kappa shape index (κ3) is 3.95. The number of nitrogens with zero attached hydrogens (tertiary/aromatic N) is 4. The molecule has 1 atom stereocenters. The smallest absolute Gasteiger partial charge is 0.247 e. The summed E-state index contributed by atoms with van der Waals surface area (Å²) in [5.41, 5.74) is 2.06. The van der Waals surface area contributed by atoms with Crippen LogP contribution in [0.15, 0.2) is 48.0 Å². The van der Waals surface area contributed by atoms with Crippen molar-refractivity contribution in [3.05, 3.63) is 48.7 Å². The molecule has 3 rings (SSSR count). The zero-order valence-electron chi connectivity index (χ0n) is 15.6. The van der Waals surface area contributed by atoms with Gasteiger partial charge in [-0.3, -0.25) is 0 Å². The molecule has 0 saturated heterocycles. The number of imidazole rings is 1. The first-order valence-corrected chi connectivity index (χ1v) is 10.5. The third-order valence-corrected chi connectivity index (χ3v) is 5.98. The van der Waals surface area contributed by atoms with Crippen molar-refractivity contribution in [1.82, 2.24) is 19.5 Å². The maximum Gasteiger partial charge on any atom is 0.247 e.